The SMILES string of the molecule is COc1ccc([C@@H](NCc2cccc(C#N)c2)C2CC2)cc1. The first-order valence-corrected chi connectivity index (χ1v) is 7.66. The number of hydrogen-bond acceptors (Lipinski definition) is 3. The predicted octanol–water partition coefficient (Wildman–Crippen LogP) is 3.81. The van der Waals surface area contributed by atoms with Gasteiger partial charge in [0.15, 0.2) is 0 Å². The van der Waals surface area contributed by atoms with Crippen LogP contribution in [-0.2, 0) is 6.54 Å². The smallest absolute Gasteiger partial charge is 0.118 e. The average molecular weight is 292 g/mol. The fraction of sp³-hybridized carbons (Fsp3) is 0.316. The molecule has 22 heavy (non-hydrogen) atoms. The van der Waals surface area contributed by atoms with Gasteiger partial charge >= 0.3 is 0 Å². The van der Waals surface area contributed by atoms with E-state index in [1.165, 1.54) is 18.4 Å². The van der Waals surface area contributed by atoms with E-state index in [-0.39, 0.29) is 0 Å². The van der Waals surface area contributed by atoms with Crippen LogP contribution < -0.4 is 10.1 Å². The van der Waals surface area contributed by atoms with E-state index in [0.29, 0.717) is 17.5 Å². The lowest BCUT2D eigenvalue weighted by molar-refractivity contribution is 0.413. The Morgan fingerprint density at radius 3 is 2.64 bits per heavy atom. The number of ether oxygens (including phenoxy) is 1. The van der Waals surface area contributed by atoms with Crippen LogP contribution >= 0.6 is 0 Å². The third-order valence-corrected chi connectivity index (χ3v) is 4.15. The van der Waals surface area contributed by atoms with Gasteiger partial charge in [-0.15, -0.1) is 0 Å². The van der Waals surface area contributed by atoms with Gasteiger partial charge in [-0.25, -0.2) is 0 Å². The zero-order valence-electron chi connectivity index (χ0n) is 12.8. The van der Waals surface area contributed by atoms with Gasteiger partial charge in [-0.3, -0.25) is 0 Å². The lowest BCUT2D eigenvalue weighted by Gasteiger charge is -2.19. The summed E-state index contributed by atoms with van der Waals surface area (Å²) in [5.74, 6) is 1.60. The van der Waals surface area contributed by atoms with E-state index in [9.17, 15) is 0 Å². The molecular weight excluding hydrogens is 272 g/mol. The largest absolute Gasteiger partial charge is 0.497 e. The van der Waals surface area contributed by atoms with Crippen molar-refractivity contribution in [2.24, 2.45) is 5.92 Å². The van der Waals surface area contributed by atoms with Gasteiger partial charge in [0.05, 0.1) is 18.7 Å². The third-order valence-electron chi connectivity index (χ3n) is 4.15. The molecule has 0 spiro atoms. The molecule has 3 heteroatoms. The molecule has 0 saturated heterocycles. The minimum atomic E-state index is 0.372. The number of methoxy groups -OCH3 is 1. The Labute approximate surface area is 131 Å². The summed E-state index contributed by atoms with van der Waals surface area (Å²) in [6, 6.07) is 18.7. The normalized spacial score (nSPS) is 15.1. The standard InChI is InChI=1S/C19H20N2O/c1-22-18-9-7-17(8-10-18)19(16-5-6-16)21-13-15-4-2-3-14(11-15)12-20/h2-4,7-11,16,19,21H,5-6,13H2,1H3/t19-/m0/s1. The third kappa shape index (κ3) is 3.47. The van der Waals surface area contributed by atoms with Crippen LogP contribution in [0.5, 0.6) is 5.75 Å². The quantitative estimate of drug-likeness (QED) is 0.880. The van der Waals surface area contributed by atoms with E-state index in [1.807, 2.05) is 30.3 Å². The van der Waals surface area contributed by atoms with Gasteiger partial charge in [0.25, 0.3) is 0 Å². The number of nitrogens with zero attached hydrogens (tertiary/aromatic N) is 1. The zero-order valence-corrected chi connectivity index (χ0v) is 12.8. The molecule has 0 bridgehead atoms. The lowest BCUT2D eigenvalue weighted by Crippen LogP contribution is -2.22. The molecule has 0 heterocycles. The van der Waals surface area contributed by atoms with Crippen molar-refractivity contribution in [3.8, 4) is 11.8 Å². The molecule has 2 aromatic carbocycles. The first-order chi connectivity index (χ1) is 10.8. The number of nitriles is 1. The molecule has 1 fully saturated rings. The van der Waals surface area contributed by atoms with Crippen molar-refractivity contribution in [3.05, 3.63) is 65.2 Å². The molecule has 1 atom stereocenters. The van der Waals surface area contributed by atoms with Crippen LogP contribution in [0.15, 0.2) is 48.5 Å². The van der Waals surface area contributed by atoms with E-state index >= 15 is 0 Å². The minimum absolute atomic E-state index is 0.372. The molecule has 0 unspecified atom stereocenters. The molecule has 0 aliphatic heterocycles. The van der Waals surface area contributed by atoms with Crippen LogP contribution in [0.1, 0.15) is 35.6 Å². The minimum Gasteiger partial charge on any atom is -0.497 e. The van der Waals surface area contributed by atoms with E-state index < -0.39 is 0 Å². The Morgan fingerprint density at radius 1 is 1.23 bits per heavy atom. The van der Waals surface area contributed by atoms with Gasteiger partial charge < -0.3 is 10.1 Å². The average Bonchev–Trinajstić information content (AvgIpc) is 3.41. The summed E-state index contributed by atoms with van der Waals surface area (Å²) in [5.41, 5.74) is 3.17. The summed E-state index contributed by atoms with van der Waals surface area (Å²) >= 11 is 0. The highest BCUT2D eigenvalue weighted by atomic mass is 16.5. The Kier molecular flexibility index (Phi) is 4.41. The molecule has 1 N–H and O–H groups in total. The molecule has 1 saturated carbocycles. The van der Waals surface area contributed by atoms with Crippen molar-refractivity contribution >= 4 is 0 Å². The van der Waals surface area contributed by atoms with Crippen LogP contribution in [0.2, 0.25) is 0 Å². The summed E-state index contributed by atoms with van der Waals surface area (Å²) in [7, 11) is 1.69. The first kappa shape index (κ1) is 14.6. The second-order valence-corrected chi connectivity index (χ2v) is 5.78. The van der Waals surface area contributed by atoms with Gasteiger partial charge in [-0.05, 0) is 54.2 Å². The number of rotatable bonds is 6. The maximum atomic E-state index is 8.98. The Morgan fingerprint density at radius 2 is 2.00 bits per heavy atom. The first-order valence-electron chi connectivity index (χ1n) is 7.66. The molecule has 3 nitrogen and oxygen atoms in total. The van der Waals surface area contributed by atoms with Crippen molar-refractivity contribution < 1.29 is 4.74 Å². The second kappa shape index (κ2) is 6.64. The Hall–Kier alpha value is -2.31. The zero-order chi connectivity index (χ0) is 15.4. The van der Waals surface area contributed by atoms with Gasteiger partial charge in [0, 0.05) is 12.6 Å². The maximum Gasteiger partial charge on any atom is 0.118 e. The Balaban J connectivity index is 1.70. The summed E-state index contributed by atoms with van der Waals surface area (Å²) in [4.78, 5) is 0. The van der Waals surface area contributed by atoms with E-state index in [0.717, 1.165) is 17.9 Å². The molecule has 0 aromatic heterocycles. The van der Waals surface area contributed by atoms with Crippen LogP contribution in [0.3, 0.4) is 0 Å². The van der Waals surface area contributed by atoms with E-state index in [4.69, 9.17) is 10.00 Å². The number of nitrogens with one attached hydrogen (secondary N) is 1. The molecule has 2 aromatic rings. The second-order valence-electron chi connectivity index (χ2n) is 5.78. The molecule has 1 aliphatic carbocycles. The van der Waals surface area contributed by atoms with Gasteiger partial charge in [0.1, 0.15) is 5.75 Å². The highest BCUT2D eigenvalue weighted by Crippen LogP contribution is 2.41. The van der Waals surface area contributed by atoms with Crippen molar-refractivity contribution in [2.75, 3.05) is 7.11 Å². The summed E-state index contributed by atoms with van der Waals surface area (Å²) in [5, 5.41) is 12.6. The fourth-order valence-corrected chi connectivity index (χ4v) is 2.78. The van der Waals surface area contributed by atoms with Crippen molar-refractivity contribution in [3.63, 3.8) is 0 Å². The molecule has 3 rings (SSSR count). The number of hydrogen-bond donors (Lipinski definition) is 1. The Bertz CT molecular complexity index is 669. The lowest BCUT2D eigenvalue weighted by atomic mass is 10.0. The molecule has 1 aliphatic rings. The molecule has 0 radical (unpaired) electrons. The maximum absolute atomic E-state index is 8.98. The van der Waals surface area contributed by atoms with Crippen LogP contribution in [0.4, 0.5) is 0 Å². The summed E-state index contributed by atoms with van der Waals surface area (Å²) < 4.78 is 5.23. The van der Waals surface area contributed by atoms with Crippen LogP contribution in [-0.4, -0.2) is 7.11 Å². The van der Waals surface area contributed by atoms with Gasteiger partial charge in [-0.1, -0.05) is 24.3 Å². The van der Waals surface area contributed by atoms with Crippen LogP contribution in [0, 0.1) is 17.2 Å². The number of benzene rings is 2. The molecule has 112 valence electrons. The van der Waals surface area contributed by atoms with E-state index in [1.54, 1.807) is 7.11 Å². The van der Waals surface area contributed by atoms with Crippen molar-refractivity contribution in [1.82, 2.24) is 5.32 Å². The van der Waals surface area contributed by atoms with Gasteiger partial charge in [-0.2, -0.15) is 5.26 Å². The summed E-state index contributed by atoms with van der Waals surface area (Å²) in [6.07, 6.45) is 2.56. The highest BCUT2D eigenvalue weighted by Gasteiger charge is 2.31. The topological polar surface area (TPSA) is 45.0 Å². The van der Waals surface area contributed by atoms with Crippen molar-refractivity contribution in [2.45, 2.75) is 25.4 Å². The summed E-state index contributed by atoms with van der Waals surface area (Å²) in [6.45, 7) is 0.780. The van der Waals surface area contributed by atoms with Crippen molar-refractivity contribution in [1.29, 1.82) is 5.26 Å². The van der Waals surface area contributed by atoms with Gasteiger partial charge in [0.2, 0.25) is 0 Å². The molecular formula is C19H20N2O. The monoisotopic (exact) mass is 292 g/mol. The fourth-order valence-electron chi connectivity index (χ4n) is 2.78. The predicted molar refractivity (Wildman–Crippen MR) is 86.5 cm³/mol. The molecule has 0 amide bonds. The highest BCUT2D eigenvalue weighted by molar-refractivity contribution is 5.33. The van der Waals surface area contributed by atoms with E-state index in [2.05, 4.69) is 29.6 Å². The van der Waals surface area contributed by atoms with Crippen LogP contribution in [0.25, 0.3) is 0 Å².